The van der Waals surface area contributed by atoms with Crippen LogP contribution in [-0.4, -0.2) is 15.4 Å². The lowest BCUT2D eigenvalue weighted by molar-refractivity contribution is 0.182. The molecule has 0 amide bonds. The van der Waals surface area contributed by atoms with Crippen molar-refractivity contribution in [1.29, 1.82) is 0 Å². The van der Waals surface area contributed by atoms with E-state index in [1.54, 1.807) is 0 Å². The molecule has 0 heterocycles. The Morgan fingerprint density at radius 3 is 2.32 bits per heavy atom. The molecule has 0 aromatic heterocycles. The first-order valence-electron chi connectivity index (χ1n) is 8.90. The molecule has 0 aliphatic carbocycles. The third-order valence-corrected chi connectivity index (χ3v) is 6.00. The van der Waals surface area contributed by atoms with E-state index >= 15 is 0 Å². The van der Waals surface area contributed by atoms with E-state index in [2.05, 4.69) is 25.1 Å². The standard InChI is InChI=1S/C22H28O2S/c1-17-13-15-21(16-14-17)25(24)22(12-8-7-9-18(2)23)19(3)20-10-5-4-6-11-20/h4-6,10-16,18-19,23H,7-9H2,1-3H3/b22-12-/t18-,19-,25?/m1/s1. The molecule has 25 heavy (non-hydrogen) atoms. The van der Waals surface area contributed by atoms with Gasteiger partial charge in [-0.2, -0.15) is 0 Å². The molecule has 1 unspecified atom stereocenters. The maximum atomic E-state index is 13.2. The van der Waals surface area contributed by atoms with E-state index in [0.29, 0.717) is 0 Å². The Morgan fingerprint density at radius 2 is 1.72 bits per heavy atom. The SMILES string of the molecule is Cc1ccc(S(=O)/C(=C\CCC[C@@H](C)O)[C@H](C)c2ccccc2)cc1. The number of benzene rings is 2. The minimum atomic E-state index is -1.18. The quantitative estimate of drug-likeness (QED) is 0.648. The zero-order valence-corrected chi connectivity index (χ0v) is 16.1. The molecule has 2 rings (SSSR count). The molecule has 2 aromatic rings. The summed E-state index contributed by atoms with van der Waals surface area (Å²) in [5.41, 5.74) is 2.34. The zero-order chi connectivity index (χ0) is 18.2. The van der Waals surface area contributed by atoms with E-state index in [4.69, 9.17) is 0 Å². The first-order valence-corrected chi connectivity index (χ1v) is 10.1. The minimum absolute atomic E-state index is 0.0925. The fraction of sp³-hybridized carbons (Fsp3) is 0.364. The number of unbranched alkanes of at least 4 members (excludes halogenated alkanes) is 1. The molecule has 0 bridgehead atoms. The maximum Gasteiger partial charge on any atom is 0.0811 e. The lowest BCUT2D eigenvalue weighted by atomic mass is 10.00. The molecule has 0 fully saturated rings. The van der Waals surface area contributed by atoms with Crippen LogP contribution in [0.3, 0.4) is 0 Å². The smallest absolute Gasteiger partial charge is 0.0811 e. The van der Waals surface area contributed by atoms with Crippen LogP contribution in [0.15, 0.2) is 70.5 Å². The van der Waals surface area contributed by atoms with Crippen LogP contribution < -0.4 is 0 Å². The van der Waals surface area contributed by atoms with E-state index in [-0.39, 0.29) is 12.0 Å². The highest BCUT2D eigenvalue weighted by atomic mass is 32.2. The van der Waals surface area contributed by atoms with Gasteiger partial charge in [-0.05, 0) is 50.8 Å². The molecule has 0 radical (unpaired) electrons. The second-order valence-corrected chi connectivity index (χ2v) is 8.08. The summed E-state index contributed by atoms with van der Waals surface area (Å²) >= 11 is 0. The van der Waals surface area contributed by atoms with Crippen molar-refractivity contribution in [2.75, 3.05) is 0 Å². The van der Waals surface area contributed by atoms with Crippen molar-refractivity contribution in [2.24, 2.45) is 0 Å². The summed E-state index contributed by atoms with van der Waals surface area (Å²) in [5, 5.41) is 9.44. The number of aryl methyl sites for hydroxylation is 1. The van der Waals surface area contributed by atoms with Crippen LogP contribution in [0.25, 0.3) is 0 Å². The maximum absolute atomic E-state index is 13.2. The van der Waals surface area contributed by atoms with E-state index < -0.39 is 10.8 Å². The normalized spacial score (nSPS) is 15.6. The van der Waals surface area contributed by atoms with E-state index in [1.807, 2.05) is 56.3 Å². The molecule has 0 aliphatic rings. The van der Waals surface area contributed by atoms with Crippen LogP contribution in [0.2, 0.25) is 0 Å². The third-order valence-electron chi connectivity index (χ3n) is 4.35. The Balaban J connectivity index is 2.26. The fourth-order valence-electron chi connectivity index (χ4n) is 2.77. The molecular formula is C22H28O2S. The van der Waals surface area contributed by atoms with E-state index in [9.17, 15) is 9.32 Å². The number of hydrogen-bond acceptors (Lipinski definition) is 2. The van der Waals surface area contributed by atoms with Crippen LogP contribution in [0.1, 0.15) is 50.2 Å². The molecule has 3 heteroatoms. The van der Waals surface area contributed by atoms with E-state index in [1.165, 1.54) is 11.1 Å². The predicted octanol–water partition coefficient (Wildman–Crippen LogP) is 5.34. The van der Waals surface area contributed by atoms with Crippen LogP contribution in [0.5, 0.6) is 0 Å². The summed E-state index contributed by atoms with van der Waals surface area (Å²) in [7, 11) is -1.18. The summed E-state index contributed by atoms with van der Waals surface area (Å²) in [6.07, 6.45) is 4.31. The van der Waals surface area contributed by atoms with Crippen molar-refractivity contribution in [3.8, 4) is 0 Å². The summed E-state index contributed by atoms with van der Waals surface area (Å²) in [5.74, 6) is 0.0925. The van der Waals surface area contributed by atoms with Gasteiger partial charge < -0.3 is 5.11 Å². The molecule has 3 atom stereocenters. The van der Waals surface area contributed by atoms with Crippen molar-refractivity contribution < 1.29 is 9.32 Å². The molecule has 1 N–H and O–H groups in total. The van der Waals surface area contributed by atoms with Gasteiger partial charge in [-0.3, -0.25) is 0 Å². The van der Waals surface area contributed by atoms with Gasteiger partial charge in [0, 0.05) is 15.7 Å². The average Bonchev–Trinajstić information content (AvgIpc) is 2.62. The van der Waals surface area contributed by atoms with Crippen molar-refractivity contribution in [3.63, 3.8) is 0 Å². The molecule has 0 saturated carbocycles. The van der Waals surface area contributed by atoms with Crippen LogP contribution in [-0.2, 0) is 10.8 Å². The summed E-state index contributed by atoms with van der Waals surface area (Å²) in [6, 6.07) is 18.1. The average molecular weight is 357 g/mol. The molecule has 0 aliphatic heterocycles. The Hall–Kier alpha value is -1.71. The van der Waals surface area contributed by atoms with Gasteiger partial charge in [-0.15, -0.1) is 0 Å². The fourth-order valence-corrected chi connectivity index (χ4v) is 4.16. The van der Waals surface area contributed by atoms with Gasteiger partial charge >= 0.3 is 0 Å². The van der Waals surface area contributed by atoms with Gasteiger partial charge in [-0.1, -0.05) is 61.0 Å². The van der Waals surface area contributed by atoms with Gasteiger partial charge in [0.2, 0.25) is 0 Å². The van der Waals surface area contributed by atoms with Crippen molar-refractivity contribution in [3.05, 3.63) is 76.7 Å². The number of aliphatic hydroxyl groups excluding tert-OH is 1. The highest BCUT2D eigenvalue weighted by Crippen LogP contribution is 2.30. The van der Waals surface area contributed by atoms with Crippen LogP contribution in [0.4, 0.5) is 0 Å². The van der Waals surface area contributed by atoms with Crippen molar-refractivity contribution in [2.45, 2.75) is 57.0 Å². The topological polar surface area (TPSA) is 37.3 Å². The van der Waals surface area contributed by atoms with E-state index in [0.717, 1.165) is 29.1 Å². The highest BCUT2D eigenvalue weighted by Gasteiger charge is 2.18. The minimum Gasteiger partial charge on any atom is -0.393 e. The molecule has 2 aromatic carbocycles. The van der Waals surface area contributed by atoms with Crippen LogP contribution in [0, 0.1) is 6.92 Å². The van der Waals surface area contributed by atoms with Crippen molar-refractivity contribution in [1.82, 2.24) is 0 Å². The Labute approximate surface area is 154 Å². The number of allylic oxidation sites excluding steroid dienone is 2. The van der Waals surface area contributed by atoms with Gasteiger partial charge in [-0.25, -0.2) is 4.21 Å². The molecule has 2 nitrogen and oxygen atoms in total. The summed E-state index contributed by atoms with van der Waals surface area (Å²) in [4.78, 5) is 1.79. The lowest BCUT2D eigenvalue weighted by Crippen LogP contribution is -2.06. The molecule has 0 saturated heterocycles. The molecular weight excluding hydrogens is 328 g/mol. The molecule has 0 spiro atoms. The monoisotopic (exact) mass is 356 g/mol. The lowest BCUT2D eigenvalue weighted by Gasteiger charge is -2.17. The largest absolute Gasteiger partial charge is 0.393 e. The second-order valence-electron chi connectivity index (χ2n) is 6.60. The Kier molecular flexibility index (Phi) is 7.60. The van der Waals surface area contributed by atoms with Gasteiger partial charge in [0.25, 0.3) is 0 Å². The number of rotatable bonds is 8. The predicted molar refractivity (Wildman–Crippen MR) is 106 cm³/mol. The Bertz CT molecular complexity index is 703. The summed E-state index contributed by atoms with van der Waals surface area (Å²) in [6.45, 7) is 5.95. The van der Waals surface area contributed by atoms with Gasteiger partial charge in [0.05, 0.1) is 16.9 Å². The first kappa shape index (κ1) is 19.6. The third kappa shape index (κ3) is 5.94. The van der Waals surface area contributed by atoms with Gasteiger partial charge in [0.1, 0.15) is 0 Å². The second kappa shape index (κ2) is 9.69. The Morgan fingerprint density at radius 1 is 1.08 bits per heavy atom. The molecule has 134 valence electrons. The van der Waals surface area contributed by atoms with Gasteiger partial charge in [0.15, 0.2) is 0 Å². The number of aliphatic hydroxyl groups is 1. The van der Waals surface area contributed by atoms with Crippen LogP contribution >= 0.6 is 0 Å². The highest BCUT2D eigenvalue weighted by molar-refractivity contribution is 7.89. The van der Waals surface area contributed by atoms with Crippen molar-refractivity contribution >= 4 is 10.8 Å². The summed E-state index contributed by atoms with van der Waals surface area (Å²) < 4.78 is 13.2. The zero-order valence-electron chi connectivity index (χ0n) is 15.3. The first-order chi connectivity index (χ1) is 12.0. The number of hydrogen-bond donors (Lipinski definition) is 1.